The van der Waals surface area contributed by atoms with Crippen LogP contribution in [-0.2, 0) is 4.79 Å². The lowest BCUT2D eigenvalue weighted by Gasteiger charge is -2.03. The van der Waals surface area contributed by atoms with Crippen molar-refractivity contribution >= 4 is 18.0 Å². The first-order valence-corrected chi connectivity index (χ1v) is 6.83. The van der Waals surface area contributed by atoms with Crippen molar-refractivity contribution in [1.29, 1.82) is 0 Å². The number of hydrogen-bond donors (Lipinski definition) is 2. The largest absolute Gasteiger partial charge is 0.497 e. The minimum Gasteiger partial charge on any atom is -0.497 e. The van der Waals surface area contributed by atoms with E-state index >= 15 is 0 Å². The number of nitrogens with one attached hydrogen (secondary N) is 2. The Morgan fingerprint density at radius 2 is 1.87 bits per heavy atom. The monoisotopic (exact) mass is 312 g/mol. The van der Waals surface area contributed by atoms with E-state index in [1.807, 2.05) is 0 Å². The van der Waals surface area contributed by atoms with Gasteiger partial charge in [0.2, 0.25) is 0 Å². The molecule has 1 heterocycles. The maximum absolute atomic E-state index is 11.7. The van der Waals surface area contributed by atoms with Gasteiger partial charge in [0.1, 0.15) is 5.75 Å². The molecule has 0 atom stereocenters. The minimum atomic E-state index is -0.419. The second-order valence-electron chi connectivity index (χ2n) is 4.48. The van der Waals surface area contributed by atoms with Crippen molar-refractivity contribution in [3.8, 4) is 5.75 Å². The third-order valence-electron chi connectivity index (χ3n) is 2.87. The van der Waals surface area contributed by atoms with E-state index in [4.69, 9.17) is 4.74 Å². The number of ether oxygens (including phenoxy) is 1. The summed E-state index contributed by atoms with van der Waals surface area (Å²) in [6, 6.07) is 10.3. The summed E-state index contributed by atoms with van der Waals surface area (Å²) in [6.45, 7) is -0.166. The number of methoxy groups -OCH3 is 1. The standard InChI is InChI=1S/C16H16N4O3/c1-23-14-4-2-12(3-5-14)10-19-20-15(21)11-18-16(22)13-6-8-17-9-7-13/h2-10H,11H2,1H3,(H,18,22)(H,20,21). The zero-order valence-corrected chi connectivity index (χ0v) is 12.5. The fourth-order valence-electron chi connectivity index (χ4n) is 1.67. The molecule has 0 aliphatic rings. The van der Waals surface area contributed by atoms with Crippen molar-refractivity contribution in [2.75, 3.05) is 13.7 Å². The number of aromatic nitrogens is 1. The van der Waals surface area contributed by atoms with Gasteiger partial charge >= 0.3 is 0 Å². The number of hydrazone groups is 1. The highest BCUT2D eigenvalue weighted by molar-refractivity contribution is 5.96. The molecule has 2 aromatic rings. The maximum Gasteiger partial charge on any atom is 0.259 e. The molecule has 0 saturated carbocycles. The average Bonchev–Trinajstić information content (AvgIpc) is 2.61. The molecule has 7 nitrogen and oxygen atoms in total. The lowest BCUT2D eigenvalue weighted by atomic mass is 10.2. The molecule has 0 fully saturated rings. The van der Waals surface area contributed by atoms with Gasteiger partial charge in [0.15, 0.2) is 0 Å². The topological polar surface area (TPSA) is 92.7 Å². The van der Waals surface area contributed by atoms with Crippen LogP contribution in [0.1, 0.15) is 15.9 Å². The Bertz CT molecular complexity index is 684. The molecule has 0 aliphatic heterocycles. The smallest absolute Gasteiger partial charge is 0.259 e. The summed E-state index contributed by atoms with van der Waals surface area (Å²) in [4.78, 5) is 27.2. The van der Waals surface area contributed by atoms with Gasteiger partial charge in [-0.3, -0.25) is 14.6 Å². The first kappa shape index (κ1) is 16.2. The molecule has 0 bridgehead atoms. The van der Waals surface area contributed by atoms with Gasteiger partial charge in [-0.1, -0.05) is 0 Å². The highest BCUT2D eigenvalue weighted by Crippen LogP contribution is 2.09. The molecule has 0 saturated heterocycles. The third kappa shape index (κ3) is 5.24. The molecule has 2 N–H and O–H groups in total. The minimum absolute atomic E-state index is 0.166. The fourth-order valence-corrected chi connectivity index (χ4v) is 1.67. The van der Waals surface area contributed by atoms with E-state index in [1.54, 1.807) is 43.5 Å². The summed E-state index contributed by atoms with van der Waals surface area (Å²) >= 11 is 0. The van der Waals surface area contributed by atoms with Crippen LogP contribution in [0.15, 0.2) is 53.9 Å². The summed E-state index contributed by atoms with van der Waals surface area (Å²) in [6.07, 6.45) is 4.52. The molecule has 0 radical (unpaired) electrons. The maximum atomic E-state index is 11.7. The van der Waals surface area contributed by atoms with Crippen LogP contribution in [0, 0.1) is 0 Å². The van der Waals surface area contributed by atoms with Crippen LogP contribution >= 0.6 is 0 Å². The van der Waals surface area contributed by atoms with Gasteiger partial charge in [0, 0.05) is 18.0 Å². The number of carbonyl (C=O) groups excluding carboxylic acids is 2. The first-order valence-electron chi connectivity index (χ1n) is 6.83. The van der Waals surface area contributed by atoms with Gasteiger partial charge in [0.05, 0.1) is 19.9 Å². The van der Waals surface area contributed by atoms with Crippen LogP contribution in [0.4, 0.5) is 0 Å². The predicted molar refractivity (Wildman–Crippen MR) is 85.3 cm³/mol. The highest BCUT2D eigenvalue weighted by Gasteiger charge is 2.06. The predicted octanol–water partition coefficient (Wildman–Crippen LogP) is 0.970. The zero-order valence-electron chi connectivity index (χ0n) is 12.5. The number of rotatable bonds is 6. The van der Waals surface area contributed by atoms with Gasteiger partial charge in [-0.15, -0.1) is 0 Å². The van der Waals surface area contributed by atoms with Crippen molar-refractivity contribution in [3.63, 3.8) is 0 Å². The van der Waals surface area contributed by atoms with Gasteiger partial charge in [-0.2, -0.15) is 5.10 Å². The van der Waals surface area contributed by atoms with Gasteiger partial charge in [-0.25, -0.2) is 5.43 Å². The van der Waals surface area contributed by atoms with Crippen molar-refractivity contribution in [3.05, 3.63) is 59.9 Å². The van der Waals surface area contributed by atoms with Crippen molar-refractivity contribution in [2.45, 2.75) is 0 Å². The van der Waals surface area contributed by atoms with Crippen molar-refractivity contribution in [1.82, 2.24) is 15.7 Å². The Morgan fingerprint density at radius 3 is 2.52 bits per heavy atom. The number of amides is 2. The quantitative estimate of drug-likeness (QED) is 0.614. The molecule has 1 aromatic heterocycles. The van der Waals surface area contributed by atoms with E-state index < -0.39 is 5.91 Å². The van der Waals surface area contributed by atoms with E-state index in [2.05, 4.69) is 20.8 Å². The summed E-state index contributed by atoms with van der Waals surface area (Å²) in [5.41, 5.74) is 3.59. The molecule has 0 aliphatic carbocycles. The number of carbonyl (C=O) groups is 2. The third-order valence-corrected chi connectivity index (χ3v) is 2.87. The lowest BCUT2D eigenvalue weighted by molar-refractivity contribution is -0.120. The SMILES string of the molecule is COc1ccc(C=NNC(=O)CNC(=O)c2ccncc2)cc1. The first-order chi connectivity index (χ1) is 11.2. The van der Waals surface area contributed by atoms with E-state index in [-0.39, 0.29) is 12.5 Å². The van der Waals surface area contributed by atoms with Crippen LogP contribution in [0.25, 0.3) is 0 Å². The summed E-state index contributed by atoms with van der Waals surface area (Å²) < 4.78 is 5.04. The van der Waals surface area contributed by atoms with Crippen LogP contribution in [0.3, 0.4) is 0 Å². The average molecular weight is 312 g/mol. The lowest BCUT2D eigenvalue weighted by Crippen LogP contribution is -2.34. The Kier molecular flexibility index (Phi) is 5.81. The van der Waals surface area contributed by atoms with E-state index in [1.165, 1.54) is 18.6 Å². The van der Waals surface area contributed by atoms with Crippen LogP contribution in [-0.4, -0.2) is 36.7 Å². The molecule has 0 spiro atoms. The molecule has 118 valence electrons. The molecule has 0 unspecified atom stereocenters. The summed E-state index contributed by atoms with van der Waals surface area (Å²) in [5.74, 6) is -0.0242. The number of hydrogen-bond acceptors (Lipinski definition) is 5. The molecule has 2 amide bonds. The van der Waals surface area contributed by atoms with Gasteiger partial charge in [-0.05, 0) is 42.0 Å². The number of benzene rings is 1. The van der Waals surface area contributed by atoms with Crippen molar-refractivity contribution in [2.24, 2.45) is 5.10 Å². The Labute approximate surface area is 133 Å². The molecular weight excluding hydrogens is 296 g/mol. The van der Waals surface area contributed by atoms with Crippen LogP contribution in [0.2, 0.25) is 0 Å². The molecule has 1 aromatic carbocycles. The van der Waals surface area contributed by atoms with Crippen molar-refractivity contribution < 1.29 is 14.3 Å². The molecule has 7 heteroatoms. The second kappa shape index (κ2) is 8.28. The summed E-state index contributed by atoms with van der Waals surface area (Å²) in [5, 5.41) is 6.31. The van der Waals surface area contributed by atoms with E-state index in [0.717, 1.165) is 11.3 Å². The highest BCUT2D eigenvalue weighted by atomic mass is 16.5. The van der Waals surface area contributed by atoms with E-state index in [0.29, 0.717) is 5.56 Å². The number of nitrogens with zero attached hydrogens (tertiary/aromatic N) is 2. The summed E-state index contributed by atoms with van der Waals surface area (Å²) in [7, 11) is 1.59. The molecule has 2 rings (SSSR count). The zero-order chi connectivity index (χ0) is 16.5. The van der Waals surface area contributed by atoms with Gasteiger partial charge < -0.3 is 10.1 Å². The number of pyridine rings is 1. The Balaban J connectivity index is 1.76. The van der Waals surface area contributed by atoms with Gasteiger partial charge in [0.25, 0.3) is 11.8 Å². The second-order valence-corrected chi connectivity index (χ2v) is 4.48. The Morgan fingerprint density at radius 1 is 1.17 bits per heavy atom. The molecule has 23 heavy (non-hydrogen) atoms. The van der Waals surface area contributed by atoms with Crippen LogP contribution < -0.4 is 15.5 Å². The van der Waals surface area contributed by atoms with Crippen LogP contribution in [0.5, 0.6) is 5.75 Å². The Hall–Kier alpha value is -3.22. The molecular formula is C16H16N4O3. The van der Waals surface area contributed by atoms with E-state index in [9.17, 15) is 9.59 Å². The fraction of sp³-hybridized carbons (Fsp3) is 0.125. The normalized spacial score (nSPS) is 10.3.